The summed E-state index contributed by atoms with van der Waals surface area (Å²) < 4.78 is 28.0. The van der Waals surface area contributed by atoms with Crippen molar-refractivity contribution in [2.24, 2.45) is 0 Å². The van der Waals surface area contributed by atoms with E-state index >= 15 is 0 Å². The van der Waals surface area contributed by atoms with Crippen LogP contribution in [0.2, 0.25) is 0 Å². The molecule has 1 fully saturated rings. The lowest BCUT2D eigenvalue weighted by Crippen LogP contribution is -2.53. The van der Waals surface area contributed by atoms with Crippen LogP contribution in [0.25, 0.3) is 0 Å². The van der Waals surface area contributed by atoms with Crippen LogP contribution in [-0.4, -0.2) is 67.5 Å². The quantitative estimate of drug-likeness (QED) is 0.664. The molecule has 7 nitrogen and oxygen atoms in total. The molecule has 2 N–H and O–H groups in total. The number of piperidine rings is 1. The second-order valence-corrected chi connectivity index (χ2v) is 6.59. The highest BCUT2D eigenvalue weighted by atomic mass is 32.2. The first-order valence-corrected chi connectivity index (χ1v) is 8.58. The van der Waals surface area contributed by atoms with Gasteiger partial charge in [-0.25, -0.2) is 4.72 Å². The number of carboxylic acids is 1. The Morgan fingerprint density at radius 3 is 2.55 bits per heavy atom. The molecule has 0 radical (unpaired) electrons. The Bertz CT molecular complexity index is 409. The van der Waals surface area contributed by atoms with Gasteiger partial charge in [-0.1, -0.05) is 13.8 Å². The molecule has 1 atom stereocenters. The highest BCUT2D eigenvalue weighted by molar-refractivity contribution is 7.87. The number of rotatable bonds is 8. The molecule has 1 saturated heterocycles. The molecule has 8 heteroatoms. The Hall–Kier alpha value is -0.700. The second kappa shape index (κ2) is 7.92. The van der Waals surface area contributed by atoms with Crippen molar-refractivity contribution in [1.82, 2.24) is 13.9 Å². The fourth-order valence-electron chi connectivity index (χ4n) is 2.39. The topological polar surface area (TPSA) is 90.0 Å². The molecule has 0 aliphatic carbocycles. The predicted molar refractivity (Wildman–Crippen MR) is 76.7 cm³/mol. The van der Waals surface area contributed by atoms with E-state index < -0.39 is 22.2 Å². The van der Waals surface area contributed by atoms with Gasteiger partial charge in [0.15, 0.2) is 0 Å². The van der Waals surface area contributed by atoms with Gasteiger partial charge in [0.2, 0.25) is 0 Å². The third kappa shape index (κ3) is 4.69. The van der Waals surface area contributed by atoms with E-state index in [-0.39, 0.29) is 6.54 Å². The molecule has 0 spiro atoms. The van der Waals surface area contributed by atoms with Crippen molar-refractivity contribution in [3.8, 4) is 0 Å². The molecule has 0 bridgehead atoms. The van der Waals surface area contributed by atoms with Crippen molar-refractivity contribution >= 4 is 16.2 Å². The van der Waals surface area contributed by atoms with Gasteiger partial charge >= 0.3 is 5.97 Å². The van der Waals surface area contributed by atoms with Crippen LogP contribution in [0, 0.1) is 0 Å². The summed E-state index contributed by atoms with van der Waals surface area (Å²) in [5.74, 6) is -1.07. The largest absolute Gasteiger partial charge is 0.480 e. The summed E-state index contributed by atoms with van der Waals surface area (Å²) >= 11 is 0. The minimum Gasteiger partial charge on any atom is -0.480 e. The van der Waals surface area contributed by atoms with Crippen LogP contribution in [0.1, 0.15) is 33.1 Å². The molecule has 1 rings (SSSR count). The zero-order valence-electron chi connectivity index (χ0n) is 12.2. The van der Waals surface area contributed by atoms with Gasteiger partial charge in [0.05, 0.1) is 0 Å². The van der Waals surface area contributed by atoms with Crippen molar-refractivity contribution in [1.29, 1.82) is 0 Å². The Balaban J connectivity index is 2.60. The summed E-state index contributed by atoms with van der Waals surface area (Å²) in [5.41, 5.74) is 0. The van der Waals surface area contributed by atoms with Crippen LogP contribution in [0.5, 0.6) is 0 Å². The van der Waals surface area contributed by atoms with Gasteiger partial charge < -0.3 is 10.0 Å². The molecule has 20 heavy (non-hydrogen) atoms. The monoisotopic (exact) mass is 307 g/mol. The molecule has 0 aromatic carbocycles. The van der Waals surface area contributed by atoms with Crippen LogP contribution in [0.15, 0.2) is 0 Å². The van der Waals surface area contributed by atoms with Gasteiger partial charge in [-0.2, -0.15) is 12.7 Å². The summed E-state index contributed by atoms with van der Waals surface area (Å²) in [6.07, 6.45) is 1.84. The first kappa shape index (κ1) is 17.4. The van der Waals surface area contributed by atoms with Gasteiger partial charge in [0.1, 0.15) is 6.04 Å². The first-order valence-electron chi connectivity index (χ1n) is 7.14. The fourth-order valence-corrected chi connectivity index (χ4v) is 3.81. The Morgan fingerprint density at radius 1 is 1.35 bits per heavy atom. The number of nitrogens with zero attached hydrogens (tertiary/aromatic N) is 2. The van der Waals surface area contributed by atoms with Crippen molar-refractivity contribution in [2.45, 2.75) is 39.2 Å². The molecular weight excluding hydrogens is 282 g/mol. The van der Waals surface area contributed by atoms with Crippen molar-refractivity contribution in [2.75, 3.05) is 32.7 Å². The number of likely N-dealkylation sites (N-methyl/N-ethyl adjacent to an activating group) is 1. The fraction of sp³-hybridized carbons (Fsp3) is 0.917. The third-order valence-electron chi connectivity index (χ3n) is 3.65. The number of hydrogen-bond acceptors (Lipinski definition) is 4. The van der Waals surface area contributed by atoms with Crippen LogP contribution >= 0.6 is 0 Å². The van der Waals surface area contributed by atoms with Gasteiger partial charge in [-0.15, -0.1) is 0 Å². The van der Waals surface area contributed by atoms with Gasteiger partial charge in [0, 0.05) is 19.6 Å². The average Bonchev–Trinajstić information content (AvgIpc) is 2.43. The molecule has 0 amide bonds. The SMILES string of the molecule is CCN(CC)CCNS(=O)(=O)N1CCCCC1C(=O)O. The molecule has 1 heterocycles. The molecule has 0 saturated carbocycles. The number of hydrogen-bond donors (Lipinski definition) is 2. The average molecular weight is 307 g/mol. The molecule has 1 unspecified atom stereocenters. The lowest BCUT2D eigenvalue weighted by Gasteiger charge is -2.32. The highest BCUT2D eigenvalue weighted by Gasteiger charge is 2.36. The third-order valence-corrected chi connectivity index (χ3v) is 5.28. The Labute approximate surface area is 121 Å². The Kier molecular flexibility index (Phi) is 6.87. The van der Waals surface area contributed by atoms with E-state index in [1.807, 2.05) is 13.8 Å². The lowest BCUT2D eigenvalue weighted by atomic mass is 10.1. The maximum atomic E-state index is 12.2. The molecule has 0 aromatic rings. The van der Waals surface area contributed by atoms with Crippen LogP contribution < -0.4 is 4.72 Å². The standard InChI is InChI=1S/C12H25N3O4S/c1-3-14(4-2)10-8-13-20(18,19)15-9-6-5-7-11(15)12(16)17/h11,13H,3-10H2,1-2H3,(H,16,17). The molecule has 0 aromatic heterocycles. The van der Waals surface area contributed by atoms with Gasteiger partial charge in [-0.3, -0.25) is 4.79 Å². The van der Waals surface area contributed by atoms with E-state index in [4.69, 9.17) is 5.11 Å². The number of nitrogens with one attached hydrogen (secondary N) is 1. The van der Waals surface area contributed by atoms with Crippen molar-refractivity contribution < 1.29 is 18.3 Å². The number of carbonyl (C=O) groups is 1. The normalized spacial score (nSPS) is 21.2. The smallest absolute Gasteiger partial charge is 0.322 e. The zero-order chi connectivity index (χ0) is 15.2. The van der Waals surface area contributed by atoms with E-state index in [2.05, 4.69) is 9.62 Å². The maximum absolute atomic E-state index is 12.2. The van der Waals surface area contributed by atoms with Crippen LogP contribution in [0.3, 0.4) is 0 Å². The van der Waals surface area contributed by atoms with E-state index in [9.17, 15) is 13.2 Å². The highest BCUT2D eigenvalue weighted by Crippen LogP contribution is 2.19. The Morgan fingerprint density at radius 2 is 2.00 bits per heavy atom. The zero-order valence-corrected chi connectivity index (χ0v) is 13.0. The van der Waals surface area contributed by atoms with Gasteiger partial charge in [-0.05, 0) is 32.4 Å². The minimum absolute atomic E-state index is 0.275. The van der Waals surface area contributed by atoms with Crippen molar-refractivity contribution in [3.63, 3.8) is 0 Å². The summed E-state index contributed by atoms with van der Waals surface area (Å²) in [4.78, 5) is 13.2. The predicted octanol–water partition coefficient (Wildman–Crippen LogP) is 0.102. The minimum atomic E-state index is -3.71. The molecular formula is C12H25N3O4S. The summed E-state index contributed by atoms with van der Waals surface area (Å²) in [7, 11) is -3.71. The lowest BCUT2D eigenvalue weighted by molar-refractivity contribution is -0.142. The van der Waals surface area contributed by atoms with E-state index in [1.165, 1.54) is 0 Å². The van der Waals surface area contributed by atoms with Crippen LogP contribution in [0.4, 0.5) is 0 Å². The van der Waals surface area contributed by atoms with E-state index in [1.54, 1.807) is 0 Å². The summed E-state index contributed by atoms with van der Waals surface area (Å²) in [5, 5.41) is 9.12. The van der Waals surface area contributed by atoms with E-state index in [0.717, 1.165) is 23.8 Å². The second-order valence-electron chi connectivity index (χ2n) is 4.89. The maximum Gasteiger partial charge on any atom is 0.322 e. The number of carboxylic acid groups (broad SMARTS) is 1. The van der Waals surface area contributed by atoms with E-state index in [0.29, 0.717) is 25.9 Å². The molecule has 1 aliphatic rings. The summed E-state index contributed by atoms with van der Waals surface area (Å²) in [6, 6.07) is -0.935. The molecule has 118 valence electrons. The van der Waals surface area contributed by atoms with Crippen LogP contribution in [-0.2, 0) is 15.0 Å². The van der Waals surface area contributed by atoms with Gasteiger partial charge in [0.25, 0.3) is 10.2 Å². The number of aliphatic carboxylic acids is 1. The summed E-state index contributed by atoms with van der Waals surface area (Å²) in [6.45, 7) is 6.95. The van der Waals surface area contributed by atoms with Crippen molar-refractivity contribution in [3.05, 3.63) is 0 Å². The molecule has 1 aliphatic heterocycles. The first-order chi connectivity index (χ1) is 9.42.